The van der Waals surface area contributed by atoms with Crippen molar-refractivity contribution in [1.29, 1.82) is 0 Å². The minimum absolute atomic E-state index is 0.232. The van der Waals surface area contributed by atoms with E-state index >= 15 is 0 Å². The molecular formula is C6H4N4O2. The number of rotatable bonds is 1. The minimum Gasteiger partial charge on any atom is -0.492 e. The summed E-state index contributed by atoms with van der Waals surface area (Å²) in [6, 6.07) is 1.46. The lowest BCUT2D eigenvalue weighted by Crippen LogP contribution is -1.86. The van der Waals surface area contributed by atoms with Crippen molar-refractivity contribution in [2.45, 2.75) is 0 Å². The maximum Gasteiger partial charge on any atom is 0.244 e. The third-order valence-electron chi connectivity index (χ3n) is 1.47. The summed E-state index contributed by atoms with van der Waals surface area (Å²) < 4.78 is 0. The van der Waals surface area contributed by atoms with E-state index in [1.54, 1.807) is 0 Å². The summed E-state index contributed by atoms with van der Waals surface area (Å²) in [7, 11) is 0. The number of nitrogens with zero attached hydrogens (tertiary/aromatic N) is 3. The lowest BCUT2D eigenvalue weighted by atomic mass is 10.4. The molecule has 2 rings (SSSR count). The summed E-state index contributed by atoms with van der Waals surface area (Å²) in [5, 5.41) is 19.7. The number of aromatic hydroxyl groups is 1. The summed E-state index contributed by atoms with van der Waals surface area (Å²) in [5.74, 6) is -0.232. The normalized spacial score (nSPS) is 10.3. The van der Waals surface area contributed by atoms with Gasteiger partial charge in [-0.25, -0.2) is 0 Å². The van der Waals surface area contributed by atoms with E-state index in [1.807, 2.05) is 0 Å². The van der Waals surface area contributed by atoms with Crippen LogP contribution in [-0.4, -0.2) is 31.8 Å². The molecular weight excluding hydrogens is 160 g/mol. The highest BCUT2D eigenvalue weighted by atomic mass is 16.3. The molecule has 0 atom stereocenters. The number of hydrogen-bond donors (Lipinski definition) is 2. The third kappa shape index (κ3) is 0.815. The average Bonchev–Trinajstić information content (AvgIpc) is 2.49. The van der Waals surface area contributed by atoms with Crippen molar-refractivity contribution < 1.29 is 9.90 Å². The molecule has 0 unspecified atom stereocenters. The fourth-order valence-corrected chi connectivity index (χ4v) is 0.940. The number of aromatic amines is 1. The summed E-state index contributed by atoms with van der Waals surface area (Å²) in [4.78, 5) is 13.0. The van der Waals surface area contributed by atoms with Crippen molar-refractivity contribution in [3.63, 3.8) is 0 Å². The first-order valence-electron chi connectivity index (χ1n) is 3.17. The molecule has 0 aliphatic heterocycles. The summed E-state index contributed by atoms with van der Waals surface area (Å²) in [6.45, 7) is 0. The number of nitrogens with one attached hydrogen (secondary N) is 1. The van der Waals surface area contributed by atoms with Crippen LogP contribution in [0.15, 0.2) is 6.07 Å². The van der Waals surface area contributed by atoms with Gasteiger partial charge in [-0.05, 0) is 11.3 Å². The van der Waals surface area contributed by atoms with Gasteiger partial charge < -0.3 is 10.1 Å². The van der Waals surface area contributed by atoms with Crippen molar-refractivity contribution in [3.05, 3.63) is 11.8 Å². The molecule has 0 aromatic carbocycles. The molecule has 0 saturated heterocycles. The van der Waals surface area contributed by atoms with Crippen LogP contribution in [0.4, 0.5) is 0 Å². The van der Waals surface area contributed by atoms with E-state index in [-0.39, 0.29) is 5.88 Å². The van der Waals surface area contributed by atoms with Crippen molar-refractivity contribution in [2.75, 3.05) is 0 Å². The SMILES string of the molecule is O=Cc1cc2c(O)nnnc2[nH]1. The zero-order chi connectivity index (χ0) is 8.55. The van der Waals surface area contributed by atoms with Crippen molar-refractivity contribution in [2.24, 2.45) is 0 Å². The molecule has 2 heterocycles. The predicted octanol–water partition coefficient (Wildman–Crippen LogP) is -0.129. The summed E-state index contributed by atoms with van der Waals surface area (Å²) in [6.07, 6.45) is 0.626. The molecule has 6 nitrogen and oxygen atoms in total. The number of fused-ring (bicyclic) bond motifs is 1. The molecule has 0 amide bonds. The van der Waals surface area contributed by atoms with E-state index in [0.717, 1.165) is 0 Å². The molecule has 0 aliphatic rings. The van der Waals surface area contributed by atoms with Gasteiger partial charge in [0.05, 0.1) is 11.1 Å². The van der Waals surface area contributed by atoms with Crippen LogP contribution in [0, 0.1) is 0 Å². The van der Waals surface area contributed by atoms with Crippen molar-refractivity contribution >= 4 is 17.3 Å². The molecule has 60 valence electrons. The maximum absolute atomic E-state index is 10.3. The molecule has 0 aliphatic carbocycles. The van der Waals surface area contributed by atoms with E-state index in [0.29, 0.717) is 23.0 Å². The van der Waals surface area contributed by atoms with E-state index in [2.05, 4.69) is 20.4 Å². The minimum atomic E-state index is -0.232. The van der Waals surface area contributed by atoms with Crippen molar-refractivity contribution in [1.82, 2.24) is 20.4 Å². The van der Waals surface area contributed by atoms with Crippen LogP contribution in [-0.2, 0) is 0 Å². The molecule has 12 heavy (non-hydrogen) atoms. The van der Waals surface area contributed by atoms with Gasteiger partial charge in [0, 0.05) is 0 Å². The van der Waals surface area contributed by atoms with Crippen LogP contribution in [0.3, 0.4) is 0 Å². The molecule has 0 radical (unpaired) electrons. The molecule has 0 fully saturated rings. The quantitative estimate of drug-likeness (QED) is 0.573. The highest BCUT2D eigenvalue weighted by Crippen LogP contribution is 2.18. The summed E-state index contributed by atoms with van der Waals surface area (Å²) >= 11 is 0. The fourth-order valence-electron chi connectivity index (χ4n) is 0.940. The highest BCUT2D eigenvalue weighted by Gasteiger charge is 2.06. The molecule has 2 aromatic rings. The van der Waals surface area contributed by atoms with Gasteiger partial charge in [-0.1, -0.05) is 5.10 Å². The second kappa shape index (κ2) is 2.26. The van der Waals surface area contributed by atoms with Gasteiger partial charge in [-0.3, -0.25) is 4.79 Å². The van der Waals surface area contributed by atoms with Gasteiger partial charge in [0.25, 0.3) is 0 Å². The average molecular weight is 164 g/mol. The Bertz CT molecular complexity index is 436. The van der Waals surface area contributed by atoms with Crippen LogP contribution in [0.25, 0.3) is 11.0 Å². The zero-order valence-electron chi connectivity index (χ0n) is 5.85. The van der Waals surface area contributed by atoms with Crippen LogP contribution >= 0.6 is 0 Å². The Hall–Kier alpha value is -1.98. The number of aldehydes is 1. The van der Waals surface area contributed by atoms with E-state index in [4.69, 9.17) is 5.11 Å². The number of aromatic nitrogens is 4. The highest BCUT2D eigenvalue weighted by molar-refractivity contribution is 5.87. The van der Waals surface area contributed by atoms with Crippen LogP contribution in [0.2, 0.25) is 0 Å². The first kappa shape index (κ1) is 6.71. The lowest BCUT2D eigenvalue weighted by molar-refractivity contribution is 0.112. The smallest absolute Gasteiger partial charge is 0.244 e. The standard InChI is InChI=1S/C6H4N4O2/c11-2-3-1-4-5(7-3)8-10-9-6(4)12/h1-2H,(H2,7,8,9,12). The number of carbonyl (C=O) groups excluding carboxylic acids is 1. The van der Waals surface area contributed by atoms with Crippen LogP contribution in [0.5, 0.6) is 5.88 Å². The Kier molecular flexibility index (Phi) is 1.26. The topological polar surface area (TPSA) is 91.8 Å². The largest absolute Gasteiger partial charge is 0.492 e. The fraction of sp³-hybridized carbons (Fsp3) is 0. The van der Waals surface area contributed by atoms with E-state index in [9.17, 15) is 4.79 Å². The lowest BCUT2D eigenvalue weighted by Gasteiger charge is -1.87. The van der Waals surface area contributed by atoms with Crippen LogP contribution < -0.4 is 0 Å². The number of H-pyrrole nitrogens is 1. The Balaban J connectivity index is 2.82. The van der Waals surface area contributed by atoms with Gasteiger partial charge in [0.15, 0.2) is 11.9 Å². The summed E-state index contributed by atoms with van der Waals surface area (Å²) in [5.41, 5.74) is 0.687. The Morgan fingerprint density at radius 2 is 2.33 bits per heavy atom. The Labute approximate surface area is 66.2 Å². The number of hydrogen-bond acceptors (Lipinski definition) is 5. The molecule has 0 saturated carbocycles. The van der Waals surface area contributed by atoms with Crippen molar-refractivity contribution in [3.8, 4) is 5.88 Å². The van der Waals surface area contributed by atoms with Crippen LogP contribution in [0.1, 0.15) is 10.5 Å². The van der Waals surface area contributed by atoms with Gasteiger partial charge in [0.1, 0.15) is 0 Å². The Morgan fingerprint density at radius 1 is 1.50 bits per heavy atom. The number of carbonyl (C=O) groups is 1. The molecule has 6 heteroatoms. The zero-order valence-corrected chi connectivity index (χ0v) is 5.85. The van der Waals surface area contributed by atoms with Gasteiger partial charge in [0.2, 0.25) is 5.88 Å². The third-order valence-corrected chi connectivity index (χ3v) is 1.47. The van der Waals surface area contributed by atoms with Gasteiger partial charge in [-0.15, -0.1) is 5.10 Å². The monoisotopic (exact) mass is 164 g/mol. The molecule has 0 bridgehead atoms. The predicted molar refractivity (Wildman–Crippen MR) is 38.7 cm³/mol. The first-order chi connectivity index (χ1) is 5.81. The van der Waals surface area contributed by atoms with Gasteiger partial charge in [-0.2, -0.15) is 0 Å². The Morgan fingerprint density at radius 3 is 3.00 bits per heavy atom. The van der Waals surface area contributed by atoms with E-state index < -0.39 is 0 Å². The molecule has 0 spiro atoms. The maximum atomic E-state index is 10.3. The second-order valence-electron chi connectivity index (χ2n) is 2.22. The van der Waals surface area contributed by atoms with Gasteiger partial charge >= 0.3 is 0 Å². The van der Waals surface area contributed by atoms with E-state index in [1.165, 1.54) is 6.07 Å². The molecule has 2 aromatic heterocycles. The first-order valence-corrected chi connectivity index (χ1v) is 3.17. The molecule has 2 N–H and O–H groups in total. The second-order valence-corrected chi connectivity index (χ2v) is 2.22.